The molecule has 0 spiro atoms. The van der Waals surface area contributed by atoms with Gasteiger partial charge in [0.1, 0.15) is 0 Å². The summed E-state index contributed by atoms with van der Waals surface area (Å²) in [4.78, 5) is 14.6. The van der Waals surface area contributed by atoms with Crippen molar-refractivity contribution in [2.75, 3.05) is 20.1 Å². The van der Waals surface area contributed by atoms with E-state index in [1.807, 2.05) is 6.07 Å². The number of hydrogen-bond donors (Lipinski definition) is 2. The van der Waals surface area contributed by atoms with E-state index in [9.17, 15) is 4.79 Å². The fourth-order valence-corrected chi connectivity index (χ4v) is 3.43. The van der Waals surface area contributed by atoms with E-state index >= 15 is 0 Å². The van der Waals surface area contributed by atoms with E-state index in [1.165, 1.54) is 5.56 Å². The number of likely N-dealkylation sites (N-methyl/N-ethyl adjacent to an activating group) is 1. The van der Waals surface area contributed by atoms with E-state index in [0.29, 0.717) is 6.04 Å². The SMILES string of the molecule is CN1CCC(NC(=O)C2CCCN2)C1c1ccccc1. The third kappa shape index (κ3) is 2.72. The van der Waals surface area contributed by atoms with Gasteiger partial charge in [-0.25, -0.2) is 0 Å². The Hall–Kier alpha value is -1.39. The molecule has 0 radical (unpaired) electrons. The smallest absolute Gasteiger partial charge is 0.237 e. The van der Waals surface area contributed by atoms with Gasteiger partial charge < -0.3 is 10.6 Å². The van der Waals surface area contributed by atoms with Gasteiger partial charge in [-0.3, -0.25) is 9.69 Å². The molecule has 0 aliphatic carbocycles. The minimum atomic E-state index is 0.0114. The molecule has 3 rings (SSSR count). The van der Waals surface area contributed by atoms with Crippen molar-refractivity contribution in [2.24, 2.45) is 0 Å². The molecule has 0 saturated carbocycles. The summed E-state index contributed by atoms with van der Waals surface area (Å²) in [6.45, 7) is 1.99. The zero-order chi connectivity index (χ0) is 13.9. The summed E-state index contributed by atoms with van der Waals surface area (Å²) >= 11 is 0. The van der Waals surface area contributed by atoms with E-state index in [1.54, 1.807) is 0 Å². The van der Waals surface area contributed by atoms with Crippen LogP contribution in [-0.2, 0) is 4.79 Å². The number of rotatable bonds is 3. The predicted octanol–water partition coefficient (Wildman–Crippen LogP) is 1.30. The van der Waals surface area contributed by atoms with Gasteiger partial charge in [0.2, 0.25) is 5.91 Å². The number of hydrogen-bond acceptors (Lipinski definition) is 3. The monoisotopic (exact) mass is 273 g/mol. The van der Waals surface area contributed by atoms with Gasteiger partial charge in [-0.1, -0.05) is 30.3 Å². The third-order valence-electron chi connectivity index (χ3n) is 4.49. The number of carbonyl (C=O) groups is 1. The predicted molar refractivity (Wildman–Crippen MR) is 79.4 cm³/mol. The summed E-state index contributed by atoms with van der Waals surface area (Å²) in [6, 6.07) is 11.0. The minimum absolute atomic E-state index is 0.0114. The summed E-state index contributed by atoms with van der Waals surface area (Å²) < 4.78 is 0. The van der Waals surface area contributed by atoms with Gasteiger partial charge in [0, 0.05) is 12.6 Å². The summed E-state index contributed by atoms with van der Waals surface area (Å²) in [5, 5.41) is 6.53. The van der Waals surface area contributed by atoms with E-state index in [4.69, 9.17) is 0 Å². The lowest BCUT2D eigenvalue weighted by Crippen LogP contribution is -2.46. The molecule has 1 aromatic rings. The first-order chi connectivity index (χ1) is 9.75. The largest absolute Gasteiger partial charge is 0.350 e. The van der Waals surface area contributed by atoms with Crippen LogP contribution in [0.25, 0.3) is 0 Å². The molecule has 3 unspecified atom stereocenters. The minimum Gasteiger partial charge on any atom is -0.350 e. The van der Waals surface area contributed by atoms with Gasteiger partial charge in [-0.05, 0) is 38.4 Å². The van der Waals surface area contributed by atoms with Crippen molar-refractivity contribution < 1.29 is 4.79 Å². The number of likely N-dealkylation sites (tertiary alicyclic amines) is 1. The van der Waals surface area contributed by atoms with E-state index in [-0.39, 0.29) is 18.0 Å². The highest BCUT2D eigenvalue weighted by Crippen LogP contribution is 2.30. The standard InChI is InChI=1S/C16H23N3O/c1-19-11-9-13(15(19)12-6-3-2-4-7-12)18-16(20)14-8-5-10-17-14/h2-4,6-7,13-15,17H,5,8-11H2,1H3,(H,18,20). The number of benzene rings is 1. The fourth-order valence-electron chi connectivity index (χ4n) is 3.43. The lowest BCUT2D eigenvalue weighted by Gasteiger charge is -2.27. The molecule has 3 atom stereocenters. The first-order valence-electron chi connectivity index (χ1n) is 7.54. The maximum atomic E-state index is 12.3. The molecule has 0 bridgehead atoms. The molecular weight excluding hydrogens is 250 g/mol. The van der Waals surface area contributed by atoms with Gasteiger partial charge in [0.15, 0.2) is 0 Å². The maximum absolute atomic E-state index is 12.3. The van der Waals surface area contributed by atoms with Crippen LogP contribution in [0.3, 0.4) is 0 Å². The highest BCUT2D eigenvalue weighted by atomic mass is 16.2. The number of amides is 1. The van der Waals surface area contributed by atoms with Gasteiger partial charge in [0.05, 0.1) is 12.1 Å². The number of carbonyl (C=O) groups excluding carboxylic acids is 1. The van der Waals surface area contributed by atoms with Crippen LogP contribution in [-0.4, -0.2) is 43.0 Å². The average molecular weight is 273 g/mol. The summed E-state index contributed by atoms with van der Waals surface area (Å²) in [5.74, 6) is 0.170. The molecule has 20 heavy (non-hydrogen) atoms. The van der Waals surface area contributed by atoms with Gasteiger partial charge in [-0.2, -0.15) is 0 Å². The van der Waals surface area contributed by atoms with Crippen LogP contribution >= 0.6 is 0 Å². The second kappa shape index (κ2) is 5.94. The van der Waals surface area contributed by atoms with E-state index in [0.717, 1.165) is 32.4 Å². The fraction of sp³-hybridized carbons (Fsp3) is 0.562. The van der Waals surface area contributed by atoms with Crippen molar-refractivity contribution in [3.05, 3.63) is 35.9 Å². The Morgan fingerprint density at radius 3 is 2.80 bits per heavy atom. The van der Waals surface area contributed by atoms with Crippen molar-refractivity contribution in [2.45, 2.75) is 37.4 Å². The van der Waals surface area contributed by atoms with Crippen molar-refractivity contribution in [1.82, 2.24) is 15.5 Å². The molecule has 2 heterocycles. The molecule has 108 valence electrons. The van der Waals surface area contributed by atoms with Crippen LogP contribution < -0.4 is 10.6 Å². The quantitative estimate of drug-likeness (QED) is 0.872. The van der Waals surface area contributed by atoms with Crippen molar-refractivity contribution in [3.8, 4) is 0 Å². The molecule has 2 fully saturated rings. The molecule has 1 aromatic carbocycles. The lowest BCUT2D eigenvalue weighted by molar-refractivity contribution is -0.123. The first-order valence-corrected chi connectivity index (χ1v) is 7.54. The zero-order valence-corrected chi connectivity index (χ0v) is 12.0. The molecule has 2 saturated heterocycles. The van der Waals surface area contributed by atoms with Crippen LogP contribution in [0.5, 0.6) is 0 Å². The number of nitrogens with one attached hydrogen (secondary N) is 2. The molecule has 4 nitrogen and oxygen atoms in total. The molecule has 4 heteroatoms. The maximum Gasteiger partial charge on any atom is 0.237 e. The molecule has 2 N–H and O–H groups in total. The van der Waals surface area contributed by atoms with Crippen LogP contribution in [0.4, 0.5) is 0 Å². The molecule has 2 aliphatic rings. The van der Waals surface area contributed by atoms with Gasteiger partial charge in [-0.15, -0.1) is 0 Å². The second-order valence-corrected chi connectivity index (χ2v) is 5.89. The van der Waals surface area contributed by atoms with Crippen molar-refractivity contribution >= 4 is 5.91 Å². The normalized spacial score (nSPS) is 30.6. The van der Waals surface area contributed by atoms with E-state index in [2.05, 4.69) is 46.8 Å². The van der Waals surface area contributed by atoms with Crippen LogP contribution in [0.1, 0.15) is 30.9 Å². The highest BCUT2D eigenvalue weighted by Gasteiger charge is 2.35. The highest BCUT2D eigenvalue weighted by molar-refractivity contribution is 5.82. The van der Waals surface area contributed by atoms with Gasteiger partial charge in [0.25, 0.3) is 0 Å². The van der Waals surface area contributed by atoms with E-state index < -0.39 is 0 Å². The first kappa shape index (κ1) is 13.6. The van der Waals surface area contributed by atoms with Crippen LogP contribution in [0, 0.1) is 0 Å². The van der Waals surface area contributed by atoms with Crippen molar-refractivity contribution in [3.63, 3.8) is 0 Å². The summed E-state index contributed by atoms with van der Waals surface area (Å²) in [5.41, 5.74) is 1.29. The molecule has 2 aliphatic heterocycles. The Kier molecular flexibility index (Phi) is 4.03. The van der Waals surface area contributed by atoms with Crippen LogP contribution in [0.2, 0.25) is 0 Å². The second-order valence-electron chi connectivity index (χ2n) is 5.89. The Bertz CT molecular complexity index is 456. The summed E-state index contributed by atoms with van der Waals surface area (Å²) in [6.07, 6.45) is 3.09. The lowest BCUT2D eigenvalue weighted by atomic mass is 10.00. The van der Waals surface area contributed by atoms with Crippen molar-refractivity contribution in [1.29, 1.82) is 0 Å². The molecular formula is C16H23N3O. The Morgan fingerprint density at radius 1 is 1.30 bits per heavy atom. The average Bonchev–Trinajstić information content (AvgIpc) is 3.10. The third-order valence-corrected chi connectivity index (χ3v) is 4.49. The topological polar surface area (TPSA) is 44.4 Å². The Labute approximate surface area is 120 Å². The number of nitrogens with zero attached hydrogens (tertiary/aromatic N) is 1. The summed E-state index contributed by atoms with van der Waals surface area (Å²) in [7, 11) is 2.14. The Morgan fingerprint density at radius 2 is 2.10 bits per heavy atom. The van der Waals surface area contributed by atoms with Gasteiger partial charge >= 0.3 is 0 Å². The Balaban J connectivity index is 1.70. The zero-order valence-electron chi connectivity index (χ0n) is 12.0. The molecule has 1 amide bonds. The molecule has 0 aromatic heterocycles. The van der Waals surface area contributed by atoms with Crippen LogP contribution in [0.15, 0.2) is 30.3 Å².